The number of phenolic OH excluding ortho intramolecular Hbond substituents is 1. The van der Waals surface area contributed by atoms with Crippen molar-refractivity contribution in [2.75, 3.05) is 52.5 Å². The average Bonchev–Trinajstić information content (AvgIpc) is 3.09. The highest BCUT2D eigenvalue weighted by Gasteiger charge is 2.39. The largest absolute Gasteiger partial charge is 0.507 e. The minimum absolute atomic E-state index is 0.000787. The van der Waals surface area contributed by atoms with Crippen molar-refractivity contribution in [3.05, 3.63) is 23.8 Å². The second-order valence-corrected chi connectivity index (χ2v) is 8.34. The fourth-order valence-corrected chi connectivity index (χ4v) is 3.41. The highest BCUT2D eigenvalue weighted by molar-refractivity contribution is 8.14. The molecule has 0 spiro atoms. The van der Waals surface area contributed by atoms with Crippen LogP contribution in [0.25, 0.3) is 0 Å². The summed E-state index contributed by atoms with van der Waals surface area (Å²) in [6.07, 6.45) is 0. The predicted octanol–water partition coefficient (Wildman–Crippen LogP) is 1.13. The second kappa shape index (κ2) is 13.6. The number of benzene rings is 1. The summed E-state index contributed by atoms with van der Waals surface area (Å²) in [5.41, 5.74) is -0.659. The molecule has 182 valence electrons. The molecule has 1 aromatic carbocycles. The van der Waals surface area contributed by atoms with E-state index < -0.39 is 21.9 Å². The second-order valence-electron chi connectivity index (χ2n) is 6.48. The molecule has 0 amide bonds. The number of hydrogen-bond donors (Lipinski definition) is 4. The zero-order valence-corrected chi connectivity index (χ0v) is 19.2. The number of rotatable bonds is 12. The van der Waals surface area contributed by atoms with Crippen molar-refractivity contribution in [1.29, 1.82) is 0 Å². The molecule has 0 bridgehead atoms. The maximum absolute atomic E-state index is 11.3. The van der Waals surface area contributed by atoms with Gasteiger partial charge in [0, 0.05) is 24.5 Å². The Hall–Kier alpha value is -1.94. The summed E-state index contributed by atoms with van der Waals surface area (Å²) in [7, 11) is -3.05. The number of nitrogens with zero attached hydrogens (tertiary/aromatic N) is 1. The Morgan fingerprint density at radius 1 is 1.12 bits per heavy atom. The zero-order chi connectivity index (χ0) is 24.2. The summed E-state index contributed by atoms with van der Waals surface area (Å²) in [5, 5.41) is 20.0. The van der Waals surface area contributed by atoms with Crippen LogP contribution in [0.3, 0.4) is 0 Å². The molecule has 1 atom stereocenters. The first-order chi connectivity index (χ1) is 15.0. The van der Waals surface area contributed by atoms with Crippen molar-refractivity contribution in [2.45, 2.75) is 12.5 Å². The number of aliphatic carboxylic acids is 1. The average molecular weight is 498 g/mol. The first-order valence-corrected chi connectivity index (χ1v) is 11.6. The molecule has 14 heteroatoms. The van der Waals surface area contributed by atoms with Gasteiger partial charge >= 0.3 is 16.4 Å². The summed E-state index contributed by atoms with van der Waals surface area (Å²) >= 11 is 1.31. The van der Waals surface area contributed by atoms with Crippen LogP contribution in [0.5, 0.6) is 11.5 Å². The van der Waals surface area contributed by atoms with E-state index in [1.54, 1.807) is 26.2 Å². The van der Waals surface area contributed by atoms with E-state index in [2.05, 4.69) is 4.99 Å². The molecule has 2 rings (SSSR count). The SMILES string of the molecule is COCCOCCOCCOc1ccc(C2=NC(C)(C(=O)O)CS2)c(O)c1.O=S(=O)(O)O. The lowest BCUT2D eigenvalue weighted by molar-refractivity contribution is -0.141. The van der Waals surface area contributed by atoms with Gasteiger partial charge in [-0.25, -0.2) is 4.79 Å². The Labute approximate surface area is 190 Å². The zero-order valence-electron chi connectivity index (χ0n) is 17.6. The van der Waals surface area contributed by atoms with Crippen LogP contribution >= 0.6 is 11.8 Å². The smallest absolute Gasteiger partial charge is 0.394 e. The number of carbonyl (C=O) groups is 1. The fourth-order valence-electron chi connectivity index (χ4n) is 2.21. The number of carboxylic acids is 1. The van der Waals surface area contributed by atoms with E-state index in [-0.39, 0.29) is 5.75 Å². The van der Waals surface area contributed by atoms with Gasteiger partial charge in [0.2, 0.25) is 0 Å². The molecule has 32 heavy (non-hydrogen) atoms. The maximum atomic E-state index is 11.3. The van der Waals surface area contributed by atoms with E-state index in [0.717, 1.165) is 0 Å². The standard InChI is InChI=1S/C18H25NO7S.H2O4S/c1-18(17(21)22)12-27-16(19-18)14-4-3-13(11-15(14)20)26-10-9-25-8-7-24-6-5-23-2;1-5(2,3)4/h3-4,11,20H,5-10,12H2,1-2H3,(H,21,22);(H2,1,2,3,4). The van der Waals surface area contributed by atoms with E-state index >= 15 is 0 Å². The minimum atomic E-state index is -4.67. The molecule has 12 nitrogen and oxygen atoms in total. The third-order valence-electron chi connectivity index (χ3n) is 3.80. The van der Waals surface area contributed by atoms with Crippen molar-refractivity contribution < 1.29 is 51.5 Å². The molecule has 0 fully saturated rings. The van der Waals surface area contributed by atoms with Crippen LogP contribution in [-0.2, 0) is 29.4 Å². The monoisotopic (exact) mass is 497 g/mol. The first-order valence-electron chi connectivity index (χ1n) is 9.23. The third kappa shape index (κ3) is 11.1. The summed E-state index contributed by atoms with van der Waals surface area (Å²) < 4.78 is 52.6. The molecule has 4 N–H and O–H groups in total. The molecular formula is C18H27NO11S2. The Morgan fingerprint density at radius 2 is 1.69 bits per heavy atom. The summed E-state index contributed by atoms with van der Waals surface area (Å²) in [4.78, 5) is 15.5. The lowest BCUT2D eigenvalue weighted by Crippen LogP contribution is -2.33. The number of phenols is 1. The normalized spacial score (nSPS) is 17.9. The Balaban J connectivity index is 0.000000920. The Bertz CT molecular complexity index is 868. The first kappa shape index (κ1) is 28.1. The molecule has 0 aromatic heterocycles. The molecule has 0 radical (unpaired) electrons. The van der Waals surface area contributed by atoms with Gasteiger partial charge in [0.15, 0.2) is 5.54 Å². The van der Waals surface area contributed by atoms with Crippen LogP contribution in [0.4, 0.5) is 0 Å². The number of aromatic hydroxyl groups is 1. The van der Waals surface area contributed by atoms with Gasteiger partial charge < -0.3 is 29.2 Å². The van der Waals surface area contributed by atoms with E-state index in [9.17, 15) is 15.0 Å². The van der Waals surface area contributed by atoms with Crippen LogP contribution < -0.4 is 4.74 Å². The van der Waals surface area contributed by atoms with Crippen LogP contribution in [0.15, 0.2) is 23.2 Å². The molecule has 1 aliphatic heterocycles. The molecule has 1 aliphatic rings. The molecule has 0 saturated carbocycles. The van der Waals surface area contributed by atoms with E-state index in [1.165, 1.54) is 17.8 Å². The Kier molecular flexibility index (Phi) is 11.9. The van der Waals surface area contributed by atoms with Crippen molar-refractivity contribution in [1.82, 2.24) is 0 Å². The lowest BCUT2D eigenvalue weighted by Gasteiger charge is -2.12. The van der Waals surface area contributed by atoms with Gasteiger partial charge in [-0.1, -0.05) is 0 Å². The topological polar surface area (TPSA) is 181 Å². The summed E-state index contributed by atoms with van der Waals surface area (Å²) in [6, 6.07) is 4.87. The molecular weight excluding hydrogens is 470 g/mol. The molecule has 1 heterocycles. The van der Waals surface area contributed by atoms with Crippen LogP contribution in [-0.4, -0.2) is 96.8 Å². The number of aliphatic imine (C=N–C) groups is 1. The predicted molar refractivity (Wildman–Crippen MR) is 116 cm³/mol. The highest BCUT2D eigenvalue weighted by atomic mass is 32.3. The third-order valence-corrected chi connectivity index (χ3v) is 5.09. The number of methoxy groups -OCH3 is 1. The lowest BCUT2D eigenvalue weighted by atomic mass is 10.1. The van der Waals surface area contributed by atoms with Gasteiger partial charge in [-0.2, -0.15) is 8.42 Å². The number of hydrogen-bond acceptors (Lipinski definition) is 10. The van der Waals surface area contributed by atoms with E-state index in [0.29, 0.717) is 61.8 Å². The van der Waals surface area contributed by atoms with Gasteiger partial charge in [-0.3, -0.25) is 14.1 Å². The Morgan fingerprint density at radius 3 is 2.19 bits per heavy atom. The summed E-state index contributed by atoms with van der Waals surface area (Å²) in [5.74, 6) is -0.141. The minimum Gasteiger partial charge on any atom is -0.507 e. The van der Waals surface area contributed by atoms with E-state index in [1.807, 2.05) is 0 Å². The number of thioether (sulfide) groups is 1. The van der Waals surface area contributed by atoms with Crippen molar-refractivity contribution >= 4 is 33.2 Å². The number of carboxylic acid groups (broad SMARTS) is 1. The molecule has 0 aliphatic carbocycles. The van der Waals surface area contributed by atoms with Crippen LogP contribution in [0.1, 0.15) is 12.5 Å². The molecule has 1 aromatic rings. The quantitative estimate of drug-likeness (QED) is 0.239. The van der Waals surface area contributed by atoms with Crippen molar-refractivity contribution in [3.8, 4) is 11.5 Å². The van der Waals surface area contributed by atoms with Crippen LogP contribution in [0, 0.1) is 0 Å². The summed E-state index contributed by atoms with van der Waals surface area (Å²) in [6.45, 7) is 4.36. The van der Waals surface area contributed by atoms with Gasteiger partial charge in [0.05, 0.1) is 33.0 Å². The highest BCUT2D eigenvalue weighted by Crippen LogP contribution is 2.35. The van der Waals surface area contributed by atoms with Gasteiger partial charge in [-0.15, -0.1) is 11.8 Å². The van der Waals surface area contributed by atoms with Crippen molar-refractivity contribution in [3.63, 3.8) is 0 Å². The van der Waals surface area contributed by atoms with Gasteiger partial charge in [0.25, 0.3) is 0 Å². The fraction of sp³-hybridized carbons (Fsp3) is 0.556. The molecule has 0 saturated heterocycles. The maximum Gasteiger partial charge on any atom is 0.394 e. The van der Waals surface area contributed by atoms with Gasteiger partial charge in [-0.05, 0) is 19.1 Å². The van der Waals surface area contributed by atoms with Crippen LogP contribution in [0.2, 0.25) is 0 Å². The number of ether oxygens (including phenoxy) is 4. The molecule has 1 unspecified atom stereocenters. The van der Waals surface area contributed by atoms with Gasteiger partial charge in [0.1, 0.15) is 23.1 Å². The van der Waals surface area contributed by atoms with Crippen molar-refractivity contribution in [2.24, 2.45) is 4.99 Å². The van der Waals surface area contributed by atoms with E-state index in [4.69, 9.17) is 36.5 Å².